The second-order valence-electron chi connectivity index (χ2n) is 10.1. The normalized spacial score (nSPS) is 11.9. The summed E-state index contributed by atoms with van der Waals surface area (Å²) in [4.78, 5) is 29.0. The molecule has 0 saturated heterocycles. The van der Waals surface area contributed by atoms with E-state index in [-0.39, 0.29) is 37.7 Å². The lowest BCUT2D eigenvalue weighted by molar-refractivity contribution is -0.141. The molecule has 41 heavy (non-hydrogen) atoms. The van der Waals surface area contributed by atoms with Crippen LogP contribution in [0.5, 0.6) is 5.75 Å². The minimum absolute atomic E-state index is 0.0837. The van der Waals surface area contributed by atoms with Gasteiger partial charge in [-0.2, -0.15) is 0 Å². The van der Waals surface area contributed by atoms with E-state index < -0.39 is 16.1 Å². The van der Waals surface area contributed by atoms with Crippen LogP contribution in [0.1, 0.15) is 42.9 Å². The zero-order chi connectivity index (χ0) is 29.8. The highest BCUT2D eigenvalue weighted by Gasteiger charge is 2.30. The number of hydrogen-bond donors (Lipinski definition) is 1. The molecule has 0 saturated carbocycles. The lowest BCUT2D eigenvalue weighted by Crippen LogP contribution is -2.50. The second kappa shape index (κ2) is 15.2. The number of carbonyl (C=O) groups excluding carboxylic acids is 2. The van der Waals surface area contributed by atoms with Crippen molar-refractivity contribution < 1.29 is 22.7 Å². The molecule has 0 fully saturated rings. The van der Waals surface area contributed by atoms with Crippen molar-refractivity contribution in [2.24, 2.45) is 0 Å². The van der Waals surface area contributed by atoms with E-state index in [2.05, 4.69) is 5.32 Å². The lowest BCUT2D eigenvalue weighted by atomic mass is 10.0. The minimum Gasteiger partial charge on any atom is -0.497 e. The first-order valence-electron chi connectivity index (χ1n) is 13.9. The number of nitrogens with zero attached hydrogens (tertiary/aromatic N) is 2. The fourth-order valence-electron chi connectivity index (χ4n) is 4.64. The van der Waals surface area contributed by atoms with E-state index in [4.69, 9.17) is 4.74 Å². The molecule has 3 rings (SSSR count). The molecule has 1 N–H and O–H groups in total. The molecule has 9 heteroatoms. The maximum Gasteiger partial charge on any atom is 0.243 e. The van der Waals surface area contributed by atoms with Crippen molar-refractivity contribution in [1.29, 1.82) is 0 Å². The van der Waals surface area contributed by atoms with Crippen molar-refractivity contribution >= 4 is 27.5 Å². The van der Waals surface area contributed by atoms with E-state index in [9.17, 15) is 18.0 Å². The molecule has 0 aliphatic heterocycles. The Morgan fingerprint density at radius 2 is 1.61 bits per heavy atom. The summed E-state index contributed by atoms with van der Waals surface area (Å²) in [5.41, 5.74) is 3.44. The summed E-state index contributed by atoms with van der Waals surface area (Å²) < 4.78 is 31.7. The van der Waals surface area contributed by atoms with Crippen LogP contribution in [-0.4, -0.2) is 57.6 Å². The van der Waals surface area contributed by atoms with E-state index in [1.807, 2.05) is 68.4 Å². The molecule has 0 aromatic heterocycles. The van der Waals surface area contributed by atoms with Crippen LogP contribution in [0.3, 0.4) is 0 Å². The average molecular weight is 580 g/mol. The maximum absolute atomic E-state index is 13.9. The van der Waals surface area contributed by atoms with Gasteiger partial charge in [-0.3, -0.25) is 13.9 Å². The molecule has 0 heterocycles. The molecule has 0 spiro atoms. The monoisotopic (exact) mass is 579 g/mol. The first-order valence-corrected chi connectivity index (χ1v) is 15.8. The fourth-order valence-corrected chi connectivity index (χ4v) is 5.61. The van der Waals surface area contributed by atoms with Crippen LogP contribution >= 0.6 is 0 Å². The first kappa shape index (κ1) is 31.7. The van der Waals surface area contributed by atoms with Gasteiger partial charge in [0.15, 0.2) is 0 Å². The van der Waals surface area contributed by atoms with E-state index in [1.165, 1.54) is 4.31 Å². The van der Waals surface area contributed by atoms with Gasteiger partial charge in [-0.25, -0.2) is 8.42 Å². The van der Waals surface area contributed by atoms with Crippen LogP contribution in [0, 0.1) is 6.92 Å². The van der Waals surface area contributed by atoms with Gasteiger partial charge in [0.05, 0.1) is 19.1 Å². The van der Waals surface area contributed by atoms with Gasteiger partial charge in [0.25, 0.3) is 0 Å². The number of anilines is 1. The molecule has 8 nitrogen and oxygen atoms in total. The molecule has 3 aromatic rings. The number of amides is 2. The minimum atomic E-state index is -3.59. The second-order valence-corrected chi connectivity index (χ2v) is 12.0. The van der Waals surface area contributed by atoms with Crippen molar-refractivity contribution in [2.75, 3.05) is 30.8 Å². The number of nitrogens with one attached hydrogen (secondary N) is 1. The van der Waals surface area contributed by atoms with Crippen molar-refractivity contribution in [1.82, 2.24) is 10.2 Å². The number of hydrogen-bond acceptors (Lipinski definition) is 5. The van der Waals surface area contributed by atoms with Gasteiger partial charge in [0, 0.05) is 32.5 Å². The molecule has 0 bridgehead atoms. The number of methoxy groups -OCH3 is 1. The molecule has 3 aromatic carbocycles. The van der Waals surface area contributed by atoms with Crippen molar-refractivity contribution in [3.05, 3.63) is 95.6 Å². The van der Waals surface area contributed by atoms with Gasteiger partial charge in [-0.15, -0.1) is 0 Å². The molecular weight excluding hydrogens is 538 g/mol. The van der Waals surface area contributed by atoms with E-state index >= 15 is 0 Å². The molecule has 1 atom stereocenters. The Kier molecular flexibility index (Phi) is 11.8. The van der Waals surface area contributed by atoms with Crippen LogP contribution in [0.25, 0.3) is 0 Å². The van der Waals surface area contributed by atoms with E-state index in [0.717, 1.165) is 29.4 Å². The topological polar surface area (TPSA) is 96.0 Å². The molecule has 0 radical (unpaired) electrons. The molecule has 0 aliphatic carbocycles. The summed E-state index contributed by atoms with van der Waals surface area (Å²) in [6.07, 6.45) is 2.67. The summed E-state index contributed by atoms with van der Waals surface area (Å²) in [7, 11) is -2.04. The zero-order valence-electron chi connectivity index (χ0n) is 24.4. The van der Waals surface area contributed by atoms with Crippen LogP contribution in [0.2, 0.25) is 0 Å². The van der Waals surface area contributed by atoms with Crippen molar-refractivity contribution in [3.8, 4) is 5.75 Å². The number of benzene rings is 3. The molecule has 0 aliphatic rings. The zero-order valence-corrected chi connectivity index (χ0v) is 25.2. The fraction of sp³-hybridized carbons (Fsp3) is 0.375. The van der Waals surface area contributed by atoms with Crippen molar-refractivity contribution in [2.45, 2.75) is 52.1 Å². The Balaban J connectivity index is 1.87. The highest BCUT2D eigenvalue weighted by atomic mass is 32.2. The van der Waals surface area contributed by atoms with Crippen LogP contribution < -0.4 is 14.4 Å². The quantitative estimate of drug-likeness (QED) is 0.281. The van der Waals surface area contributed by atoms with Crippen LogP contribution in [-0.2, 0) is 32.6 Å². The van der Waals surface area contributed by atoms with Crippen molar-refractivity contribution in [3.63, 3.8) is 0 Å². The third kappa shape index (κ3) is 9.35. The van der Waals surface area contributed by atoms with Gasteiger partial charge in [0.1, 0.15) is 11.8 Å². The largest absolute Gasteiger partial charge is 0.497 e. The Morgan fingerprint density at radius 3 is 2.22 bits per heavy atom. The SMILES string of the molecule is CCCNC(=O)[C@@H](Cc1ccccc1)N(Cc1ccccc1C)C(=O)CCCN(c1ccc(OC)cc1)S(C)(=O)=O. The number of carbonyl (C=O) groups is 2. The highest BCUT2D eigenvalue weighted by molar-refractivity contribution is 7.92. The van der Waals surface area contributed by atoms with Crippen LogP contribution in [0.15, 0.2) is 78.9 Å². The molecule has 2 amide bonds. The third-order valence-electron chi connectivity index (χ3n) is 6.93. The lowest BCUT2D eigenvalue weighted by Gasteiger charge is -2.32. The molecule has 220 valence electrons. The summed E-state index contributed by atoms with van der Waals surface area (Å²) in [6, 6.07) is 23.5. The Morgan fingerprint density at radius 1 is 0.951 bits per heavy atom. The Hall–Kier alpha value is -3.85. The average Bonchev–Trinajstić information content (AvgIpc) is 2.96. The highest BCUT2D eigenvalue weighted by Crippen LogP contribution is 2.23. The van der Waals surface area contributed by atoms with E-state index in [1.54, 1.807) is 36.3 Å². The number of ether oxygens (including phenoxy) is 1. The third-order valence-corrected chi connectivity index (χ3v) is 8.13. The molecule has 0 unspecified atom stereocenters. The smallest absolute Gasteiger partial charge is 0.243 e. The maximum atomic E-state index is 13.9. The number of rotatable bonds is 15. The van der Waals surface area contributed by atoms with E-state index in [0.29, 0.717) is 24.4 Å². The Labute approximate surface area is 244 Å². The standard InChI is InChI=1S/C32H41N3O5S/c1-5-21-33-32(37)30(23-26-13-7-6-8-14-26)34(24-27-15-10-9-12-25(27)2)31(36)16-11-22-35(41(4,38)39)28-17-19-29(40-3)20-18-28/h6-10,12-15,17-20,30H,5,11,16,21-24H2,1-4H3,(H,33,37)/t30-/m1/s1. The summed E-state index contributed by atoms with van der Waals surface area (Å²) in [6.45, 7) is 4.89. The molecular formula is C32H41N3O5S. The number of sulfonamides is 1. The number of aryl methyl sites for hydroxylation is 1. The summed E-state index contributed by atoms with van der Waals surface area (Å²) in [5.74, 6) is 0.215. The Bertz CT molecular complexity index is 1380. The predicted molar refractivity (Wildman–Crippen MR) is 163 cm³/mol. The van der Waals surface area contributed by atoms with Gasteiger partial charge < -0.3 is 15.0 Å². The predicted octanol–water partition coefficient (Wildman–Crippen LogP) is 4.72. The first-order chi connectivity index (χ1) is 19.6. The van der Waals surface area contributed by atoms with Crippen LogP contribution in [0.4, 0.5) is 5.69 Å². The van der Waals surface area contributed by atoms with Gasteiger partial charge in [0.2, 0.25) is 21.8 Å². The van der Waals surface area contributed by atoms with Gasteiger partial charge in [-0.05, 0) is 60.7 Å². The van der Waals surface area contributed by atoms with Gasteiger partial charge >= 0.3 is 0 Å². The summed E-state index contributed by atoms with van der Waals surface area (Å²) >= 11 is 0. The summed E-state index contributed by atoms with van der Waals surface area (Å²) in [5, 5.41) is 2.98. The van der Waals surface area contributed by atoms with Gasteiger partial charge in [-0.1, -0.05) is 61.5 Å².